The largest absolute Gasteiger partial charge is 0.339 e. The van der Waals surface area contributed by atoms with Gasteiger partial charge in [-0.2, -0.15) is 4.98 Å². The maximum atomic E-state index is 5.32. The highest BCUT2D eigenvalue weighted by Crippen LogP contribution is 2.19. The van der Waals surface area contributed by atoms with E-state index in [1.807, 2.05) is 31.3 Å². The third kappa shape index (κ3) is 3.88. The number of halogens is 1. The fourth-order valence-corrected chi connectivity index (χ4v) is 2.23. The fourth-order valence-electron chi connectivity index (χ4n) is 1.96. The Balaban J connectivity index is 2.08. The number of nitrogens with zero attached hydrogens (tertiary/aromatic N) is 2. The molecule has 1 unspecified atom stereocenters. The second-order valence-corrected chi connectivity index (χ2v) is 5.41. The second-order valence-electron chi connectivity index (χ2n) is 4.50. The van der Waals surface area contributed by atoms with Crippen LogP contribution in [0.4, 0.5) is 0 Å². The van der Waals surface area contributed by atoms with Gasteiger partial charge in [-0.3, -0.25) is 0 Å². The minimum atomic E-state index is 0.392. The van der Waals surface area contributed by atoms with Gasteiger partial charge in [0.05, 0.1) is 0 Å². The van der Waals surface area contributed by atoms with Gasteiger partial charge in [0.2, 0.25) is 11.7 Å². The van der Waals surface area contributed by atoms with Crippen molar-refractivity contribution in [3.8, 4) is 11.4 Å². The summed E-state index contributed by atoms with van der Waals surface area (Å²) in [7, 11) is 1.96. The summed E-state index contributed by atoms with van der Waals surface area (Å²) in [5.41, 5.74) is 0.967. The molecule has 102 valence electrons. The predicted molar refractivity (Wildman–Crippen MR) is 78.9 cm³/mol. The van der Waals surface area contributed by atoms with Gasteiger partial charge in [-0.15, -0.1) is 0 Å². The van der Waals surface area contributed by atoms with Crippen LogP contribution in [0.3, 0.4) is 0 Å². The van der Waals surface area contributed by atoms with Gasteiger partial charge in [0.1, 0.15) is 0 Å². The summed E-state index contributed by atoms with van der Waals surface area (Å²) in [6.07, 6.45) is 3.01. The first kappa shape index (κ1) is 14.2. The lowest BCUT2D eigenvalue weighted by Gasteiger charge is -2.11. The van der Waals surface area contributed by atoms with E-state index in [4.69, 9.17) is 4.52 Å². The maximum absolute atomic E-state index is 5.32. The molecule has 1 aromatic carbocycles. The first-order valence-corrected chi connectivity index (χ1v) is 7.28. The molecule has 0 amide bonds. The number of likely N-dealkylation sites (N-methyl/N-ethyl adjacent to an activating group) is 1. The maximum Gasteiger partial charge on any atom is 0.228 e. The van der Waals surface area contributed by atoms with Gasteiger partial charge in [-0.05, 0) is 37.7 Å². The fraction of sp³-hybridized carbons (Fsp3) is 0.429. The number of nitrogens with one attached hydrogen (secondary N) is 1. The molecular formula is C14H18BrN3O. The first-order chi connectivity index (χ1) is 9.22. The van der Waals surface area contributed by atoms with Gasteiger partial charge < -0.3 is 9.84 Å². The molecule has 1 atom stereocenters. The SMILES string of the molecule is CCCC(Cc1nc(-c2ccc(Br)cc2)no1)NC. The molecule has 2 aromatic rings. The molecule has 0 aliphatic heterocycles. The minimum absolute atomic E-state index is 0.392. The zero-order valence-electron chi connectivity index (χ0n) is 11.2. The summed E-state index contributed by atoms with van der Waals surface area (Å²) in [5, 5.41) is 7.31. The molecule has 1 heterocycles. The highest BCUT2D eigenvalue weighted by molar-refractivity contribution is 9.10. The van der Waals surface area contributed by atoms with E-state index in [-0.39, 0.29) is 0 Å². The van der Waals surface area contributed by atoms with E-state index < -0.39 is 0 Å². The van der Waals surface area contributed by atoms with Gasteiger partial charge in [0.25, 0.3) is 0 Å². The number of hydrogen-bond donors (Lipinski definition) is 1. The van der Waals surface area contributed by atoms with Crippen molar-refractivity contribution >= 4 is 15.9 Å². The van der Waals surface area contributed by atoms with E-state index in [0.29, 0.717) is 17.8 Å². The summed E-state index contributed by atoms with van der Waals surface area (Å²) in [5.74, 6) is 1.33. The van der Waals surface area contributed by atoms with E-state index >= 15 is 0 Å². The predicted octanol–water partition coefficient (Wildman–Crippen LogP) is 3.43. The van der Waals surface area contributed by atoms with Crippen LogP contribution in [-0.4, -0.2) is 23.2 Å². The van der Waals surface area contributed by atoms with Crippen LogP contribution in [0.2, 0.25) is 0 Å². The van der Waals surface area contributed by atoms with E-state index in [9.17, 15) is 0 Å². The molecule has 0 saturated heterocycles. The molecule has 1 N–H and O–H groups in total. The molecular weight excluding hydrogens is 306 g/mol. The van der Waals surface area contributed by atoms with Crippen molar-refractivity contribution in [3.05, 3.63) is 34.6 Å². The molecule has 19 heavy (non-hydrogen) atoms. The van der Waals surface area contributed by atoms with Crippen molar-refractivity contribution in [1.82, 2.24) is 15.5 Å². The van der Waals surface area contributed by atoms with Crippen LogP contribution in [0.1, 0.15) is 25.7 Å². The third-order valence-corrected chi connectivity index (χ3v) is 3.57. The van der Waals surface area contributed by atoms with Crippen LogP contribution < -0.4 is 5.32 Å². The lowest BCUT2D eigenvalue weighted by Crippen LogP contribution is -2.27. The van der Waals surface area contributed by atoms with E-state index in [1.54, 1.807) is 0 Å². The van der Waals surface area contributed by atoms with Crippen LogP contribution >= 0.6 is 15.9 Å². The van der Waals surface area contributed by atoms with Gasteiger partial charge in [0, 0.05) is 22.5 Å². The molecule has 4 nitrogen and oxygen atoms in total. The first-order valence-electron chi connectivity index (χ1n) is 6.48. The lowest BCUT2D eigenvalue weighted by atomic mass is 10.1. The molecule has 5 heteroatoms. The Morgan fingerprint density at radius 1 is 1.32 bits per heavy atom. The molecule has 0 fully saturated rings. The zero-order valence-corrected chi connectivity index (χ0v) is 12.8. The number of rotatable bonds is 6. The van der Waals surface area contributed by atoms with Crippen molar-refractivity contribution in [1.29, 1.82) is 0 Å². The Kier molecular flexibility index (Phi) is 5.10. The molecule has 2 rings (SSSR count). The average molecular weight is 324 g/mol. The Hall–Kier alpha value is -1.20. The second kappa shape index (κ2) is 6.82. The summed E-state index contributed by atoms with van der Waals surface area (Å²) in [6, 6.07) is 8.28. The molecule has 1 aromatic heterocycles. The summed E-state index contributed by atoms with van der Waals surface area (Å²) in [6.45, 7) is 2.17. The van der Waals surface area contributed by atoms with Crippen LogP contribution in [0.25, 0.3) is 11.4 Å². The van der Waals surface area contributed by atoms with Crippen LogP contribution in [0, 0.1) is 0 Å². The van der Waals surface area contributed by atoms with Crippen molar-refractivity contribution in [2.75, 3.05) is 7.05 Å². The molecule has 0 radical (unpaired) electrons. The third-order valence-electron chi connectivity index (χ3n) is 3.04. The van der Waals surface area contributed by atoms with Gasteiger partial charge in [-0.25, -0.2) is 0 Å². The van der Waals surface area contributed by atoms with Crippen molar-refractivity contribution in [2.45, 2.75) is 32.2 Å². The smallest absolute Gasteiger partial charge is 0.228 e. The molecule has 0 saturated carbocycles. The summed E-state index contributed by atoms with van der Waals surface area (Å²) >= 11 is 3.41. The van der Waals surface area contributed by atoms with E-state index in [0.717, 1.165) is 29.3 Å². The molecule has 0 aliphatic rings. The number of aromatic nitrogens is 2. The quantitative estimate of drug-likeness (QED) is 0.884. The van der Waals surface area contributed by atoms with Gasteiger partial charge >= 0.3 is 0 Å². The standard InChI is InChI=1S/C14H18BrN3O/c1-3-4-12(16-2)9-13-17-14(18-19-13)10-5-7-11(15)8-6-10/h5-8,12,16H,3-4,9H2,1-2H3. The van der Waals surface area contributed by atoms with E-state index in [2.05, 4.69) is 38.3 Å². The van der Waals surface area contributed by atoms with Crippen molar-refractivity contribution < 1.29 is 4.52 Å². The van der Waals surface area contributed by atoms with Crippen molar-refractivity contribution in [3.63, 3.8) is 0 Å². The Bertz CT molecular complexity index is 510. The van der Waals surface area contributed by atoms with Crippen LogP contribution in [0.5, 0.6) is 0 Å². The van der Waals surface area contributed by atoms with Gasteiger partial charge in [-0.1, -0.05) is 34.4 Å². The van der Waals surface area contributed by atoms with Gasteiger partial charge in [0.15, 0.2) is 0 Å². The Morgan fingerprint density at radius 2 is 2.05 bits per heavy atom. The summed E-state index contributed by atoms with van der Waals surface area (Å²) in [4.78, 5) is 4.45. The van der Waals surface area contributed by atoms with E-state index in [1.165, 1.54) is 0 Å². The van der Waals surface area contributed by atoms with Crippen LogP contribution in [-0.2, 0) is 6.42 Å². The Labute approximate surface area is 121 Å². The topological polar surface area (TPSA) is 51.0 Å². The molecule has 0 aliphatic carbocycles. The minimum Gasteiger partial charge on any atom is -0.339 e. The molecule has 0 bridgehead atoms. The number of hydrogen-bond acceptors (Lipinski definition) is 4. The lowest BCUT2D eigenvalue weighted by molar-refractivity contribution is 0.356. The average Bonchev–Trinajstić information content (AvgIpc) is 2.87. The highest BCUT2D eigenvalue weighted by Gasteiger charge is 2.13. The normalized spacial score (nSPS) is 12.6. The van der Waals surface area contributed by atoms with Crippen LogP contribution in [0.15, 0.2) is 33.3 Å². The number of benzene rings is 1. The zero-order chi connectivity index (χ0) is 13.7. The monoisotopic (exact) mass is 323 g/mol. The summed E-state index contributed by atoms with van der Waals surface area (Å²) < 4.78 is 6.36. The molecule has 0 spiro atoms. The highest BCUT2D eigenvalue weighted by atomic mass is 79.9. The van der Waals surface area contributed by atoms with Crippen molar-refractivity contribution in [2.24, 2.45) is 0 Å². The Morgan fingerprint density at radius 3 is 2.68 bits per heavy atom.